The van der Waals surface area contributed by atoms with Crippen molar-refractivity contribution in [2.75, 3.05) is 7.11 Å². The molecule has 3 aromatic rings. The van der Waals surface area contributed by atoms with Crippen LogP contribution in [0, 0.1) is 0 Å². The highest BCUT2D eigenvalue weighted by molar-refractivity contribution is 9.10. The van der Waals surface area contributed by atoms with Gasteiger partial charge in [-0.05, 0) is 23.3 Å². The van der Waals surface area contributed by atoms with E-state index in [-0.39, 0.29) is 13.0 Å². The lowest BCUT2D eigenvalue weighted by atomic mass is 10.1. The highest BCUT2D eigenvalue weighted by atomic mass is 79.9. The third kappa shape index (κ3) is 4.80. The average Bonchev–Trinajstić information content (AvgIpc) is 3.05. The monoisotopic (exact) mass is 448 g/mol. The summed E-state index contributed by atoms with van der Waals surface area (Å²) in [5.74, 6) is -1.20. The van der Waals surface area contributed by atoms with E-state index in [0.29, 0.717) is 21.1 Å². The summed E-state index contributed by atoms with van der Waals surface area (Å²) in [5.41, 5.74) is 2.33. The van der Waals surface area contributed by atoms with Crippen molar-refractivity contribution >= 4 is 39.1 Å². The molecule has 0 aliphatic rings. The number of aromatic amines is 1. The van der Waals surface area contributed by atoms with Crippen LogP contribution in [0.25, 0.3) is 11.1 Å². The van der Waals surface area contributed by atoms with Crippen molar-refractivity contribution in [1.29, 1.82) is 0 Å². The van der Waals surface area contributed by atoms with E-state index in [0.717, 1.165) is 5.56 Å². The van der Waals surface area contributed by atoms with Crippen molar-refractivity contribution in [3.8, 4) is 0 Å². The lowest BCUT2D eigenvalue weighted by Crippen LogP contribution is -2.43. The summed E-state index contributed by atoms with van der Waals surface area (Å²) in [6.45, 7) is 0.0741. The second-order valence-corrected chi connectivity index (χ2v) is 6.79. The fraction of sp³-hybridized carbons (Fsp3) is 0.211. The molecule has 1 atom stereocenters. The van der Waals surface area contributed by atoms with Crippen molar-refractivity contribution < 1.29 is 23.5 Å². The first-order chi connectivity index (χ1) is 13.5. The van der Waals surface area contributed by atoms with Gasteiger partial charge in [0.2, 0.25) is 0 Å². The fourth-order valence-electron chi connectivity index (χ4n) is 2.63. The third-order valence-corrected chi connectivity index (χ3v) is 4.74. The Morgan fingerprint density at radius 1 is 1.25 bits per heavy atom. The van der Waals surface area contributed by atoms with E-state index >= 15 is 0 Å². The lowest BCUT2D eigenvalue weighted by Gasteiger charge is -2.17. The van der Waals surface area contributed by atoms with Crippen LogP contribution >= 0.6 is 15.9 Å². The predicted octanol–water partition coefficient (Wildman–Crippen LogP) is 2.89. The van der Waals surface area contributed by atoms with Crippen molar-refractivity contribution in [3.63, 3.8) is 0 Å². The van der Waals surface area contributed by atoms with Crippen LogP contribution in [0.2, 0.25) is 0 Å². The molecule has 0 spiro atoms. The Morgan fingerprint density at radius 3 is 2.71 bits per heavy atom. The molecule has 9 heteroatoms. The summed E-state index contributed by atoms with van der Waals surface area (Å²) in [6.07, 6.45) is -0.636. The van der Waals surface area contributed by atoms with Gasteiger partial charge in [-0.25, -0.2) is 14.4 Å². The van der Waals surface area contributed by atoms with Gasteiger partial charge in [-0.15, -0.1) is 0 Å². The largest absolute Gasteiger partial charge is 0.467 e. The Bertz CT molecular complexity index is 1040. The van der Waals surface area contributed by atoms with Crippen LogP contribution < -0.4 is 11.1 Å². The Kier molecular flexibility index (Phi) is 6.15. The van der Waals surface area contributed by atoms with E-state index in [1.807, 2.05) is 30.3 Å². The number of alkyl carbamates (subject to hydrolysis) is 1. The molecule has 2 N–H and O–H groups in total. The topological polar surface area (TPSA) is 111 Å². The van der Waals surface area contributed by atoms with E-state index < -0.39 is 23.9 Å². The maximum Gasteiger partial charge on any atom is 0.417 e. The van der Waals surface area contributed by atoms with E-state index in [1.54, 1.807) is 12.1 Å². The van der Waals surface area contributed by atoms with Crippen molar-refractivity contribution in [2.24, 2.45) is 0 Å². The quantitative estimate of drug-likeness (QED) is 0.560. The number of rotatable bonds is 6. The van der Waals surface area contributed by atoms with Crippen LogP contribution in [0.4, 0.5) is 4.79 Å². The average molecular weight is 449 g/mol. The molecular formula is C19H17BrN2O6. The Hall–Kier alpha value is -3.07. The highest BCUT2D eigenvalue weighted by Gasteiger charge is 2.24. The number of esters is 1. The van der Waals surface area contributed by atoms with Gasteiger partial charge in [-0.1, -0.05) is 46.3 Å². The van der Waals surface area contributed by atoms with Crippen LogP contribution in [0.1, 0.15) is 11.1 Å². The zero-order chi connectivity index (χ0) is 20.1. The number of oxazole rings is 1. The van der Waals surface area contributed by atoms with Crippen LogP contribution in [-0.4, -0.2) is 30.2 Å². The first kappa shape index (κ1) is 19.7. The van der Waals surface area contributed by atoms with E-state index in [2.05, 4.69) is 26.2 Å². The van der Waals surface area contributed by atoms with E-state index in [4.69, 9.17) is 13.9 Å². The van der Waals surface area contributed by atoms with Crippen LogP contribution in [-0.2, 0) is 27.3 Å². The van der Waals surface area contributed by atoms with Gasteiger partial charge in [0, 0.05) is 10.9 Å². The normalized spacial score (nSPS) is 11.8. The molecule has 1 amide bonds. The number of H-pyrrole nitrogens is 1. The molecule has 3 rings (SSSR count). The molecule has 0 aliphatic carbocycles. The number of ether oxygens (including phenoxy) is 2. The van der Waals surface area contributed by atoms with Gasteiger partial charge in [0.15, 0.2) is 5.58 Å². The number of methoxy groups -OCH3 is 1. The van der Waals surface area contributed by atoms with E-state index in [9.17, 15) is 14.4 Å². The van der Waals surface area contributed by atoms with Gasteiger partial charge in [0.1, 0.15) is 12.6 Å². The molecule has 1 unspecified atom stereocenters. The molecule has 0 saturated carbocycles. The smallest absolute Gasteiger partial charge is 0.417 e. The van der Waals surface area contributed by atoms with Crippen LogP contribution in [0.15, 0.2) is 56.1 Å². The summed E-state index contributed by atoms with van der Waals surface area (Å²) in [5, 5.41) is 2.51. The lowest BCUT2D eigenvalue weighted by molar-refractivity contribution is -0.143. The predicted molar refractivity (Wildman–Crippen MR) is 104 cm³/mol. The summed E-state index contributed by atoms with van der Waals surface area (Å²) in [6, 6.07) is 11.5. The number of nitrogens with one attached hydrogen (secondary N) is 2. The summed E-state index contributed by atoms with van der Waals surface area (Å²) in [4.78, 5) is 38.1. The molecule has 2 aromatic carbocycles. The van der Waals surface area contributed by atoms with Crippen molar-refractivity contribution in [2.45, 2.75) is 19.1 Å². The molecule has 1 aromatic heterocycles. The van der Waals surface area contributed by atoms with Gasteiger partial charge in [-0.3, -0.25) is 4.98 Å². The number of hydrogen-bond acceptors (Lipinski definition) is 6. The molecule has 0 saturated heterocycles. The van der Waals surface area contributed by atoms with Gasteiger partial charge >= 0.3 is 17.8 Å². The SMILES string of the molecule is COC(=O)C(Cc1cc2oc(=O)[nH]c2cc1Br)NC(=O)OCc1ccccc1. The Labute approximate surface area is 168 Å². The fourth-order valence-corrected chi connectivity index (χ4v) is 3.14. The number of aromatic nitrogens is 1. The first-order valence-corrected chi connectivity index (χ1v) is 9.12. The number of amides is 1. The van der Waals surface area contributed by atoms with Gasteiger partial charge < -0.3 is 19.2 Å². The third-order valence-electron chi connectivity index (χ3n) is 4.00. The molecular weight excluding hydrogens is 432 g/mol. The maximum absolute atomic E-state index is 12.1. The van der Waals surface area contributed by atoms with Crippen molar-refractivity contribution in [1.82, 2.24) is 10.3 Å². The Morgan fingerprint density at radius 2 is 2.00 bits per heavy atom. The number of hydrogen-bond donors (Lipinski definition) is 2. The number of fused-ring (bicyclic) bond motifs is 1. The zero-order valence-corrected chi connectivity index (χ0v) is 16.4. The zero-order valence-electron chi connectivity index (χ0n) is 14.9. The summed E-state index contributed by atoms with van der Waals surface area (Å²) < 4.78 is 15.6. The Balaban J connectivity index is 1.71. The minimum absolute atomic E-state index is 0.0741. The molecule has 0 radical (unpaired) electrons. The highest BCUT2D eigenvalue weighted by Crippen LogP contribution is 2.24. The molecule has 8 nitrogen and oxygen atoms in total. The summed E-state index contributed by atoms with van der Waals surface area (Å²) >= 11 is 3.39. The van der Waals surface area contributed by atoms with E-state index in [1.165, 1.54) is 7.11 Å². The second-order valence-electron chi connectivity index (χ2n) is 5.94. The van der Waals surface area contributed by atoms with Gasteiger partial charge in [0.25, 0.3) is 0 Å². The maximum atomic E-state index is 12.1. The van der Waals surface area contributed by atoms with Crippen molar-refractivity contribution in [3.05, 3.63) is 68.6 Å². The van der Waals surface area contributed by atoms with Crippen LogP contribution in [0.3, 0.4) is 0 Å². The number of benzene rings is 2. The molecule has 0 fully saturated rings. The number of carbonyl (C=O) groups excluding carboxylic acids is 2. The molecule has 0 bridgehead atoms. The van der Waals surface area contributed by atoms with Crippen LogP contribution in [0.5, 0.6) is 0 Å². The molecule has 0 aliphatic heterocycles. The number of carbonyl (C=O) groups is 2. The molecule has 28 heavy (non-hydrogen) atoms. The number of halogens is 1. The summed E-state index contributed by atoms with van der Waals surface area (Å²) in [7, 11) is 1.23. The van der Waals surface area contributed by atoms with Gasteiger partial charge in [0.05, 0.1) is 12.6 Å². The standard InChI is InChI=1S/C19H17BrN2O6/c1-26-17(23)15(22-18(24)27-10-11-5-3-2-4-6-11)7-12-8-16-14(9-13(12)20)21-19(25)28-16/h2-6,8-9,15H,7,10H2,1H3,(H,21,25)(H,22,24). The second kappa shape index (κ2) is 8.75. The first-order valence-electron chi connectivity index (χ1n) is 8.32. The molecule has 1 heterocycles. The van der Waals surface area contributed by atoms with Gasteiger partial charge in [-0.2, -0.15) is 0 Å². The minimum atomic E-state index is -0.979. The minimum Gasteiger partial charge on any atom is -0.467 e. The molecule has 146 valence electrons.